The monoisotopic (exact) mass is 1120 g/mol. The molecule has 362 valence electrons. The number of oxime groups is 1. The summed E-state index contributed by atoms with van der Waals surface area (Å²) in [6.45, 7) is 3.78. The Kier molecular flexibility index (Phi) is 16.1. The van der Waals surface area contributed by atoms with Crippen LogP contribution in [0.5, 0.6) is 5.75 Å². The molecule has 3 N–H and O–H groups in total. The van der Waals surface area contributed by atoms with Crippen molar-refractivity contribution in [3.8, 4) is 5.75 Å². The second-order valence-electron chi connectivity index (χ2n) is 15.8. The number of halogens is 1. The first-order valence-electron chi connectivity index (χ1n) is 21.8. The third kappa shape index (κ3) is 10.5. The van der Waals surface area contributed by atoms with E-state index in [1.807, 2.05) is 114 Å². The summed E-state index contributed by atoms with van der Waals surface area (Å²) >= 11 is 3.84. The van der Waals surface area contributed by atoms with Crippen LogP contribution >= 0.6 is 34.6 Å². The summed E-state index contributed by atoms with van der Waals surface area (Å²) < 4.78 is 22.8. The van der Waals surface area contributed by atoms with Crippen molar-refractivity contribution in [2.45, 2.75) is 30.1 Å². The number of thiophene rings is 1. The molecule has 0 aliphatic carbocycles. The van der Waals surface area contributed by atoms with Crippen LogP contribution in [0.15, 0.2) is 168 Å². The number of β-lactam (4-membered cyclic amide) rings is 1. The summed E-state index contributed by atoms with van der Waals surface area (Å²) in [7, 11) is 2.87. The Morgan fingerprint density at radius 2 is 1.56 bits per heavy atom. The van der Waals surface area contributed by atoms with Crippen LogP contribution in [-0.2, 0) is 47.4 Å². The summed E-state index contributed by atoms with van der Waals surface area (Å²) in [5, 5.41) is 15.6. The summed E-state index contributed by atoms with van der Waals surface area (Å²) in [5.41, 5.74) is 3.64. The first kappa shape index (κ1) is 50.3. The van der Waals surface area contributed by atoms with Crippen molar-refractivity contribution in [2.24, 2.45) is 5.16 Å². The molecule has 2 atom stereocenters. The van der Waals surface area contributed by atoms with Crippen LogP contribution in [0.4, 0.5) is 15.6 Å². The lowest BCUT2D eigenvalue weighted by Crippen LogP contribution is -3.00. The van der Waals surface area contributed by atoms with Crippen molar-refractivity contribution < 1.29 is 66.8 Å². The lowest BCUT2D eigenvalue weighted by molar-refractivity contribution is -0.661. The fourth-order valence-corrected chi connectivity index (χ4v) is 11.2. The highest BCUT2D eigenvalue weighted by Gasteiger charge is 2.55. The maximum atomic E-state index is 14.3. The number of carbonyl (C=O) groups excluding carboxylic acids is 4. The number of methoxy groups -OCH3 is 1. The predicted molar refractivity (Wildman–Crippen MR) is 268 cm³/mol. The Bertz CT molecular complexity index is 3020. The van der Waals surface area contributed by atoms with Crippen molar-refractivity contribution >= 4 is 85.3 Å². The molecule has 3 amide bonds. The molecular weight excluding hydrogens is 1080 g/mol. The van der Waals surface area contributed by atoms with Crippen LogP contribution in [0.25, 0.3) is 10.2 Å². The Morgan fingerprint density at radius 1 is 0.901 bits per heavy atom. The molecule has 1 fully saturated rings. The number of amides is 3. The average Bonchev–Trinajstić information content (AvgIpc) is 4.05. The van der Waals surface area contributed by atoms with Crippen LogP contribution < -0.4 is 49.2 Å². The average molecular weight is 1120 g/mol. The fourth-order valence-electron chi connectivity index (χ4n) is 8.29. The first-order chi connectivity index (χ1) is 34.2. The predicted octanol–water partition coefficient (Wildman–Crippen LogP) is 4.64. The van der Waals surface area contributed by atoms with E-state index in [0.29, 0.717) is 33.5 Å². The van der Waals surface area contributed by atoms with Gasteiger partial charge >= 0.3 is 12.1 Å². The largest absolute Gasteiger partial charge is 1.00 e. The lowest BCUT2D eigenvalue weighted by atomic mass is 9.77. The summed E-state index contributed by atoms with van der Waals surface area (Å²) in [4.78, 5) is 67.3. The molecule has 0 radical (unpaired) electrons. The van der Waals surface area contributed by atoms with E-state index in [-0.39, 0.29) is 61.0 Å². The zero-order valence-electron chi connectivity index (χ0n) is 38.2. The highest BCUT2D eigenvalue weighted by Crippen LogP contribution is 2.42. The summed E-state index contributed by atoms with van der Waals surface area (Å²) in [5.74, 6) is -1.03. The van der Waals surface area contributed by atoms with Crippen molar-refractivity contribution in [2.75, 3.05) is 37.2 Å². The minimum Gasteiger partial charge on any atom is -1.00 e. The molecule has 0 spiro atoms. The summed E-state index contributed by atoms with van der Waals surface area (Å²) in [6, 6.07) is 39.7. The number of ether oxygens (including phenoxy) is 3. The minimum atomic E-state index is -1.05. The van der Waals surface area contributed by atoms with Gasteiger partial charge < -0.3 is 53.7 Å². The zero-order chi connectivity index (χ0) is 48.6. The number of carbonyl (C=O) groups is 4. The van der Waals surface area contributed by atoms with Crippen LogP contribution in [0, 0.1) is 0 Å². The van der Waals surface area contributed by atoms with Gasteiger partial charge in [-0.05, 0) is 40.5 Å². The highest BCUT2D eigenvalue weighted by molar-refractivity contribution is 8.00. The molecule has 5 heterocycles. The smallest absolute Gasteiger partial charge is 0.411 e. The van der Waals surface area contributed by atoms with Crippen LogP contribution in [-0.4, -0.2) is 81.8 Å². The second kappa shape index (κ2) is 22.7. The van der Waals surface area contributed by atoms with Gasteiger partial charge in [-0.25, -0.2) is 9.59 Å². The number of hydrogen-bond donors (Lipinski definition) is 3. The lowest BCUT2D eigenvalue weighted by Gasteiger charge is -2.49. The van der Waals surface area contributed by atoms with Crippen LogP contribution in [0.2, 0.25) is 0 Å². The summed E-state index contributed by atoms with van der Waals surface area (Å²) in [6.07, 6.45) is 2.72. The molecule has 3 aromatic heterocycles. The molecule has 9 rings (SSSR count). The molecule has 2 aliphatic rings. The van der Waals surface area contributed by atoms with E-state index in [1.165, 1.54) is 41.2 Å². The molecular formula is C51H45IN8O8S3. The van der Waals surface area contributed by atoms with E-state index in [2.05, 4.69) is 32.1 Å². The maximum absolute atomic E-state index is 14.3. The van der Waals surface area contributed by atoms with Gasteiger partial charge in [-0.3, -0.25) is 19.8 Å². The van der Waals surface area contributed by atoms with Gasteiger partial charge in [0, 0.05) is 34.3 Å². The molecule has 2 aliphatic heterocycles. The molecule has 1 unspecified atom stereocenters. The quantitative estimate of drug-likeness (QED) is 0.0158. The van der Waals surface area contributed by atoms with Crippen molar-refractivity contribution in [3.05, 3.63) is 191 Å². The van der Waals surface area contributed by atoms with Gasteiger partial charge in [0.2, 0.25) is 16.7 Å². The van der Waals surface area contributed by atoms with Crippen molar-refractivity contribution in [1.82, 2.24) is 19.6 Å². The fraction of sp³-hybridized carbons (Fsp3) is 0.176. The Labute approximate surface area is 437 Å². The van der Waals surface area contributed by atoms with Gasteiger partial charge in [-0.2, -0.15) is 13.9 Å². The zero-order valence-corrected chi connectivity index (χ0v) is 42.8. The Morgan fingerprint density at radius 3 is 2.18 bits per heavy atom. The molecule has 16 nitrogen and oxygen atoms in total. The van der Waals surface area contributed by atoms with Crippen LogP contribution in [0.1, 0.15) is 28.1 Å². The SMILES string of the molecule is C=CCOC(=O)Nc1csc2c1ccc[n+]2CC1=C(C(=O)OCc2ccc(OC)cc2)N2C(=O)C(NC(=O)/C(=N\OC)c3nsc(NC(c4ccccc4)(c4ccccc4)c4ccccc4)n3)[C@H]2SC1.[I-]. The molecule has 7 aromatic rings. The number of aromatic nitrogens is 3. The number of thioether (sulfide) groups is 1. The van der Waals surface area contributed by atoms with Gasteiger partial charge in [0.15, 0.2) is 12.7 Å². The number of esters is 1. The molecule has 1 saturated heterocycles. The normalized spacial score (nSPS) is 15.4. The number of hydrogen-bond acceptors (Lipinski definition) is 15. The maximum Gasteiger partial charge on any atom is 0.411 e. The Hall–Kier alpha value is -7.14. The standard InChI is InChI=1S/C51H44N8O8S3.HI/c1-4-27-66-50(63)52-39-31-69-46-38(39)21-14-26-58(46)28-33-30-68-47-41(45(61)59(47)42(33)48(62)67-29-32-22-24-37(64-2)25-23-32)53-44(60)40(56-65-3)43-54-49(70-57-43)55-51(34-15-8-5-9-16-34,35-17-10-6-11-18-35)36-19-12-7-13-20-36;/h4-26,31,41,47H,1,27-30H2,2-3H3,(H2-,52,53,54,55,57,60,63);1H/b56-40-;/t41?,47-;/m1./s1. The first-order valence-corrected chi connectivity index (χ1v) is 24.5. The third-order valence-corrected chi connectivity index (χ3v) is 14.5. The number of rotatable bonds is 18. The van der Waals surface area contributed by atoms with Gasteiger partial charge in [0.05, 0.1) is 18.2 Å². The Balaban J connectivity index is 0.00000676. The van der Waals surface area contributed by atoms with E-state index >= 15 is 0 Å². The van der Waals surface area contributed by atoms with Crippen molar-refractivity contribution in [1.29, 1.82) is 0 Å². The molecule has 4 aromatic carbocycles. The number of nitrogens with zero attached hydrogens (tertiary/aromatic N) is 5. The van der Waals surface area contributed by atoms with Gasteiger partial charge in [-0.1, -0.05) is 132 Å². The van der Waals surface area contributed by atoms with E-state index in [0.717, 1.165) is 38.4 Å². The van der Waals surface area contributed by atoms with E-state index < -0.39 is 40.8 Å². The number of fused-ring (bicyclic) bond motifs is 2. The third-order valence-electron chi connectivity index (χ3n) is 11.5. The van der Waals surface area contributed by atoms with E-state index in [4.69, 9.17) is 24.0 Å². The minimum absolute atomic E-state index is 0. The van der Waals surface area contributed by atoms with E-state index in [1.54, 1.807) is 36.8 Å². The molecule has 71 heavy (non-hydrogen) atoms. The molecule has 0 bridgehead atoms. The van der Waals surface area contributed by atoms with Gasteiger partial charge in [0.25, 0.3) is 16.6 Å². The number of benzene rings is 4. The van der Waals surface area contributed by atoms with Gasteiger partial charge in [-0.15, -0.1) is 11.8 Å². The number of anilines is 2. The number of pyridine rings is 1. The molecule has 0 saturated carbocycles. The topological polar surface area (TPSA) is 187 Å². The van der Waals surface area contributed by atoms with E-state index in [9.17, 15) is 19.2 Å². The highest BCUT2D eigenvalue weighted by atomic mass is 127. The van der Waals surface area contributed by atoms with Crippen LogP contribution in [0.3, 0.4) is 0 Å². The second-order valence-corrected chi connectivity index (χ2v) is 18.5. The van der Waals surface area contributed by atoms with Gasteiger partial charge in [0.1, 0.15) is 48.7 Å². The van der Waals surface area contributed by atoms with Crippen molar-refractivity contribution in [3.63, 3.8) is 0 Å². The number of nitrogens with one attached hydrogen (secondary N) is 3. The molecule has 20 heteroatoms.